The molecule has 2 heterocycles. The van der Waals surface area contributed by atoms with Crippen molar-refractivity contribution in [3.8, 4) is 0 Å². The highest BCUT2D eigenvalue weighted by Crippen LogP contribution is 2.18. The Hall–Kier alpha value is -1.03. The normalized spacial score (nSPS) is 18.9. The fourth-order valence-electron chi connectivity index (χ4n) is 2.08. The van der Waals surface area contributed by atoms with E-state index < -0.39 is 0 Å². The van der Waals surface area contributed by atoms with Gasteiger partial charge in [0, 0.05) is 11.9 Å². The molecule has 0 spiro atoms. The molecule has 1 aliphatic heterocycles. The van der Waals surface area contributed by atoms with E-state index in [4.69, 9.17) is 0 Å². The summed E-state index contributed by atoms with van der Waals surface area (Å²) in [6.45, 7) is 4.52. The number of alkyl halides is 1. The summed E-state index contributed by atoms with van der Waals surface area (Å²) in [6.07, 6.45) is 3.72. The average molecular weight is 223 g/mol. The van der Waals surface area contributed by atoms with Crippen molar-refractivity contribution in [1.29, 1.82) is 0 Å². The molecule has 4 heteroatoms. The highest BCUT2D eigenvalue weighted by atomic mass is 19.1. The molecule has 0 amide bonds. The van der Waals surface area contributed by atoms with Crippen LogP contribution in [0.4, 0.5) is 4.39 Å². The number of rotatable bonds is 3. The molecule has 0 radical (unpaired) electrons. The molecular formula is C12H18FN3. The Morgan fingerprint density at radius 2 is 2.19 bits per heavy atom. The van der Waals surface area contributed by atoms with E-state index in [-0.39, 0.29) is 12.6 Å². The summed E-state index contributed by atoms with van der Waals surface area (Å²) in [4.78, 5) is 10.9. The summed E-state index contributed by atoms with van der Waals surface area (Å²) in [5, 5.41) is 0. The number of halogens is 1. The molecule has 1 aromatic rings. The van der Waals surface area contributed by atoms with Crippen LogP contribution in [0.25, 0.3) is 0 Å². The lowest BCUT2D eigenvalue weighted by molar-refractivity contribution is 0.156. The maximum atomic E-state index is 12.4. The quantitative estimate of drug-likeness (QED) is 0.784. The van der Waals surface area contributed by atoms with Gasteiger partial charge in [-0.05, 0) is 44.8 Å². The molecule has 1 fully saturated rings. The molecule has 0 bridgehead atoms. The molecule has 1 aliphatic rings. The fraction of sp³-hybridized carbons (Fsp3) is 0.667. The average Bonchev–Trinajstić information content (AvgIpc) is 2.30. The number of hydrogen-bond acceptors (Lipinski definition) is 3. The van der Waals surface area contributed by atoms with Crippen molar-refractivity contribution in [2.45, 2.75) is 26.3 Å². The minimum absolute atomic E-state index is 0.172. The molecule has 1 saturated heterocycles. The van der Waals surface area contributed by atoms with Crippen molar-refractivity contribution in [1.82, 2.24) is 14.9 Å². The first-order valence-electron chi connectivity index (χ1n) is 5.85. The van der Waals surface area contributed by atoms with Gasteiger partial charge in [0.15, 0.2) is 0 Å². The van der Waals surface area contributed by atoms with Crippen LogP contribution in [-0.2, 0) is 6.54 Å². The Balaban J connectivity index is 1.87. The Morgan fingerprint density at radius 1 is 1.44 bits per heavy atom. The molecule has 1 aromatic heterocycles. The van der Waals surface area contributed by atoms with Crippen molar-refractivity contribution in [3.63, 3.8) is 0 Å². The van der Waals surface area contributed by atoms with Gasteiger partial charge in [-0.15, -0.1) is 0 Å². The van der Waals surface area contributed by atoms with Gasteiger partial charge in [-0.3, -0.25) is 9.29 Å². The number of aryl methyl sites for hydroxylation is 1. The maximum Gasteiger partial charge on any atom is 0.142 e. The standard InChI is InChI=1S/C12H18FN3/c1-10-2-5-14-12(15-10)9-16-6-3-11(8-13)4-7-16/h2,5,11H,3-4,6-9H2,1H3. The number of nitrogens with zero attached hydrogens (tertiary/aromatic N) is 3. The highest BCUT2D eigenvalue weighted by molar-refractivity contribution is 4.99. The van der Waals surface area contributed by atoms with Gasteiger partial charge in [-0.2, -0.15) is 0 Å². The first kappa shape index (κ1) is 11.5. The zero-order chi connectivity index (χ0) is 11.4. The van der Waals surface area contributed by atoms with Crippen LogP contribution in [0.1, 0.15) is 24.4 Å². The third kappa shape index (κ3) is 2.98. The van der Waals surface area contributed by atoms with Crippen LogP contribution in [0.3, 0.4) is 0 Å². The summed E-state index contributed by atoms with van der Waals surface area (Å²) >= 11 is 0. The van der Waals surface area contributed by atoms with Gasteiger partial charge in [-0.1, -0.05) is 0 Å². The summed E-state index contributed by atoms with van der Waals surface area (Å²) < 4.78 is 12.4. The van der Waals surface area contributed by atoms with E-state index in [1.807, 2.05) is 13.0 Å². The van der Waals surface area contributed by atoms with E-state index >= 15 is 0 Å². The molecule has 16 heavy (non-hydrogen) atoms. The first-order chi connectivity index (χ1) is 7.78. The smallest absolute Gasteiger partial charge is 0.142 e. The van der Waals surface area contributed by atoms with Gasteiger partial charge < -0.3 is 0 Å². The van der Waals surface area contributed by atoms with Crippen LogP contribution >= 0.6 is 0 Å². The van der Waals surface area contributed by atoms with Gasteiger partial charge in [0.25, 0.3) is 0 Å². The predicted molar refractivity (Wildman–Crippen MR) is 60.7 cm³/mol. The molecule has 0 aliphatic carbocycles. The van der Waals surface area contributed by atoms with Crippen molar-refractivity contribution in [2.24, 2.45) is 5.92 Å². The number of hydrogen-bond donors (Lipinski definition) is 0. The minimum Gasteiger partial charge on any atom is -0.296 e. The third-order valence-corrected chi connectivity index (χ3v) is 3.14. The molecule has 0 atom stereocenters. The monoisotopic (exact) mass is 223 g/mol. The largest absolute Gasteiger partial charge is 0.296 e. The maximum absolute atomic E-state index is 12.4. The second kappa shape index (κ2) is 5.34. The molecule has 3 nitrogen and oxygen atoms in total. The lowest BCUT2D eigenvalue weighted by atomic mass is 9.98. The second-order valence-electron chi connectivity index (χ2n) is 4.49. The SMILES string of the molecule is Cc1ccnc(CN2CCC(CF)CC2)n1. The zero-order valence-corrected chi connectivity index (χ0v) is 9.69. The molecule has 0 N–H and O–H groups in total. The first-order valence-corrected chi connectivity index (χ1v) is 5.85. The van der Waals surface area contributed by atoms with E-state index in [1.165, 1.54) is 0 Å². The van der Waals surface area contributed by atoms with Crippen molar-refractivity contribution in [2.75, 3.05) is 19.8 Å². The van der Waals surface area contributed by atoms with Crippen LogP contribution in [0, 0.1) is 12.8 Å². The third-order valence-electron chi connectivity index (χ3n) is 3.14. The fourth-order valence-corrected chi connectivity index (χ4v) is 2.08. The van der Waals surface area contributed by atoms with Crippen LogP contribution in [0.5, 0.6) is 0 Å². The van der Waals surface area contributed by atoms with E-state index in [2.05, 4.69) is 14.9 Å². The van der Waals surface area contributed by atoms with Gasteiger partial charge in [0.05, 0.1) is 13.2 Å². The number of aromatic nitrogens is 2. The zero-order valence-electron chi connectivity index (χ0n) is 9.69. The van der Waals surface area contributed by atoms with Gasteiger partial charge >= 0.3 is 0 Å². The summed E-state index contributed by atoms with van der Waals surface area (Å²) in [6, 6.07) is 1.90. The lowest BCUT2D eigenvalue weighted by Crippen LogP contribution is -2.34. The highest BCUT2D eigenvalue weighted by Gasteiger charge is 2.19. The van der Waals surface area contributed by atoms with Gasteiger partial charge in [-0.25, -0.2) is 9.97 Å². The molecule has 0 aromatic carbocycles. The lowest BCUT2D eigenvalue weighted by Gasteiger charge is -2.29. The second-order valence-corrected chi connectivity index (χ2v) is 4.49. The van der Waals surface area contributed by atoms with Crippen molar-refractivity contribution in [3.05, 3.63) is 23.8 Å². The van der Waals surface area contributed by atoms with Gasteiger partial charge in [0.2, 0.25) is 0 Å². The van der Waals surface area contributed by atoms with Crippen LogP contribution in [0.2, 0.25) is 0 Å². The van der Waals surface area contributed by atoms with E-state index in [1.54, 1.807) is 6.20 Å². The Kier molecular flexibility index (Phi) is 3.83. The molecule has 0 unspecified atom stereocenters. The predicted octanol–water partition coefficient (Wildman–Crippen LogP) is 1.97. The summed E-state index contributed by atoms with van der Waals surface area (Å²) in [5.74, 6) is 1.15. The van der Waals surface area contributed by atoms with E-state index in [0.717, 1.165) is 44.0 Å². The van der Waals surface area contributed by atoms with Gasteiger partial charge in [0.1, 0.15) is 5.82 Å². The minimum atomic E-state index is -0.172. The molecule has 2 rings (SSSR count). The van der Waals surface area contributed by atoms with Crippen LogP contribution in [-0.4, -0.2) is 34.6 Å². The van der Waals surface area contributed by atoms with Crippen LogP contribution in [0.15, 0.2) is 12.3 Å². The number of likely N-dealkylation sites (tertiary alicyclic amines) is 1. The molecule has 88 valence electrons. The number of piperidine rings is 1. The van der Waals surface area contributed by atoms with Crippen LogP contribution < -0.4 is 0 Å². The molecular weight excluding hydrogens is 205 g/mol. The van der Waals surface area contributed by atoms with Crippen molar-refractivity contribution < 1.29 is 4.39 Å². The summed E-state index contributed by atoms with van der Waals surface area (Å²) in [7, 11) is 0. The van der Waals surface area contributed by atoms with E-state index in [0.29, 0.717) is 0 Å². The summed E-state index contributed by atoms with van der Waals surface area (Å²) in [5.41, 5.74) is 1.00. The Labute approximate surface area is 95.7 Å². The Bertz CT molecular complexity index is 335. The molecule has 0 saturated carbocycles. The Morgan fingerprint density at radius 3 is 2.81 bits per heavy atom. The van der Waals surface area contributed by atoms with E-state index in [9.17, 15) is 4.39 Å². The topological polar surface area (TPSA) is 29.0 Å². The van der Waals surface area contributed by atoms with Crippen molar-refractivity contribution >= 4 is 0 Å².